The van der Waals surface area contributed by atoms with Crippen molar-refractivity contribution in [1.82, 2.24) is 5.32 Å². The summed E-state index contributed by atoms with van der Waals surface area (Å²) in [6.07, 6.45) is 1.91. The molecule has 1 aromatic rings. The molecule has 0 aliphatic heterocycles. The molecule has 2 N–H and O–H groups in total. The third-order valence-corrected chi connectivity index (χ3v) is 3.75. The number of nitrogens with one attached hydrogen (secondary N) is 2. The summed E-state index contributed by atoms with van der Waals surface area (Å²) in [7, 11) is 1.64. The van der Waals surface area contributed by atoms with Gasteiger partial charge in [-0.3, -0.25) is 4.99 Å². The fraction of sp³-hybridized carbons (Fsp3) is 0.471. The van der Waals surface area contributed by atoms with Gasteiger partial charge in [0.05, 0.1) is 20.3 Å². The summed E-state index contributed by atoms with van der Waals surface area (Å²) in [5.74, 6) is 4.13. The minimum Gasteiger partial charge on any atom is -0.493 e. The Morgan fingerprint density at radius 1 is 1.33 bits per heavy atom. The second kappa shape index (κ2) is 14.3. The maximum Gasteiger partial charge on any atom is 0.195 e. The molecule has 0 spiro atoms. The van der Waals surface area contributed by atoms with Gasteiger partial charge in [-0.05, 0) is 26.0 Å². The Kier molecular flexibility index (Phi) is 13.6. The number of guanidine groups is 1. The van der Waals surface area contributed by atoms with Gasteiger partial charge in [-0.15, -0.1) is 30.6 Å². The Balaban J connectivity index is 0.00000529. The van der Waals surface area contributed by atoms with Crippen molar-refractivity contribution in [1.29, 1.82) is 0 Å². The van der Waals surface area contributed by atoms with Gasteiger partial charge in [0, 0.05) is 29.8 Å². The van der Waals surface area contributed by atoms with E-state index in [1.807, 2.05) is 49.9 Å². The van der Waals surface area contributed by atoms with Crippen LogP contribution in [0.15, 0.2) is 35.8 Å². The average Bonchev–Trinajstić information content (AvgIpc) is 2.56. The van der Waals surface area contributed by atoms with E-state index >= 15 is 0 Å². The minimum atomic E-state index is 0. The maximum absolute atomic E-state index is 5.53. The summed E-state index contributed by atoms with van der Waals surface area (Å²) in [6.45, 7) is 9.87. The number of halogens is 1. The monoisotopic (exact) mass is 465 g/mol. The van der Waals surface area contributed by atoms with E-state index in [0.717, 1.165) is 42.0 Å². The third-order valence-electron chi connectivity index (χ3n) is 2.81. The van der Waals surface area contributed by atoms with E-state index in [0.29, 0.717) is 12.4 Å². The van der Waals surface area contributed by atoms with Crippen LogP contribution < -0.4 is 20.1 Å². The SMILES string of the molecule is C=CCSCCN=C(NCC)Nc1ccc(OCC)c(OC)c1.I. The molecule has 0 aliphatic rings. The van der Waals surface area contributed by atoms with Crippen LogP contribution in [0.4, 0.5) is 5.69 Å². The van der Waals surface area contributed by atoms with E-state index in [1.165, 1.54) is 0 Å². The molecule has 1 rings (SSSR count). The number of aliphatic imine (C=N–C) groups is 1. The van der Waals surface area contributed by atoms with Gasteiger partial charge in [-0.25, -0.2) is 0 Å². The number of benzene rings is 1. The van der Waals surface area contributed by atoms with Crippen LogP contribution in [0, 0.1) is 0 Å². The Bertz CT molecular complexity index is 513. The fourth-order valence-corrected chi connectivity index (χ4v) is 2.41. The van der Waals surface area contributed by atoms with Gasteiger partial charge in [0.15, 0.2) is 17.5 Å². The van der Waals surface area contributed by atoms with Gasteiger partial charge in [0.1, 0.15) is 0 Å². The zero-order chi connectivity index (χ0) is 16.9. The second-order valence-electron chi connectivity index (χ2n) is 4.55. The van der Waals surface area contributed by atoms with Crippen LogP contribution in [0.5, 0.6) is 11.5 Å². The van der Waals surface area contributed by atoms with Crippen molar-refractivity contribution in [2.45, 2.75) is 13.8 Å². The van der Waals surface area contributed by atoms with E-state index in [-0.39, 0.29) is 24.0 Å². The Morgan fingerprint density at radius 2 is 2.12 bits per heavy atom. The van der Waals surface area contributed by atoms with E-state index in [2.05, 4.69) is 22.2 Å². The molecule has 0 bridgehead atoms. The van der Waals surface area contributed by atoms with Gasteiger partial charge in [-0.1, -0.05) is 6.08 Å². The van der Waals surface area contributed by atoms with E-state index < -0.39 is 0 Å². The van der Waals surface area contributed by atoms with Crippen molar-refractivity contribution in [2.75, 3.05) is 43.6 Å². The lowest BCUT2D eigenvalue weighted by atomic mass is 10.2. The lowest BCUT2D eigenvalue weighted by molar-refractivity contribution is 0.311. The largest absolute Gasteiger partial charge is 0.493 e. The highest BCUT2D eigenvalue weighted by Crippen LogP contribution is 2.30. The predicted octanol–water partition coefficient (Wildman–Crippen LogP) is 4.01. The van der Waals surface area contributed by atoms with Gasteiger partial charge in [0.2, 0.25) is 0 Å². The quantitative estimate of drug-likeness (QED) is 0.180. The molecule has 0 saturated carbocycles. The smallest absolute Gasteiger partial charge is 0.195 e. The van der Waals surface area contributed by atoms with Gasteiger partial charge >= 0.3 is 0 Å². The minimum absolute atomic E-state index is 0. The molecule has 0 atom stereocenters. The maximum atomic E-state index is 5.53. The summed E-state index contributed by atoms with van der Waals surface area (Å²) in [5, 5.41) is 6.53. The summed E-state index contributed by atoms with van der Waals surface area (Å²) in [4.78, 5) is 4.56. The molecule has 24 heavy (non-hydrogen) atoms. The number of methoxy groups -OCH3 is 1. The van der Waals surface area contributed by atoms with Crippen LogP contribution in [-0.2, 0) is 0 Å². The molecule has 0 heterocycles. The molecular weight excluding hydrogens is 437 g/mol. The van der Waals surface area contributed by atoms with Gasteiger partial charge in [-0.2, -0.15) is 11.8 Å². The third kappa shape index (κ3) is 8.68. The number of anilines is 1. The van der Waals surface area contributed by atoms with E-state index in [4.69, 9.17) is 9.47 Å². The number of thioether (sulfide) groups is 1. The highest BCUT2D eigenvalue weighted by molar-refractivity contribution is 14.0. The topological polar surface area (TPSA) is 54.9 Å². The lowest BCUT2D eigenvalue weighted by Crippen LogP contribution is -2.30. The Morgan fingerprint density at radius 3 is 2.75 bits per heavy atom. The zero-order valence-electron chi connectivity index (χ0n) is 14.6. The molecule has 5 nitrogen and oxygen atoms in total. The van der Waals surface area contributed by atoms with Gasteiger partial charge < -0.3 is 20.1 Å². The van der Waals surface area contributed by atoms with Crippen molar-refractivity contribution >= 4 is 47.4 Å². The first-order valence-electron chi connectivity index (χ1n) is 7.79. The molecule has 0 unspecified atom stereocenters. The molecular formula is C17H28IN3O2S. The number of hydrogen-bond acceptors (Lipinski definition) is 4. The second-order valence-corrected chi connectivity index (χ2v) is 5.70. The van der Waals surface area contributed by atoms with Gasteiger partial charge in [0.25, 0.3) is 0 Å². The fourth-order valence-electron chi connectivity index (χ4n) is 1.85. The first kappa shape index (κ1) is 22.9. The summed E-state index contributed by atoms with van der Waals surface area (Å²) < 4.78 is 10.9. The lowest BCUT2D eigenvalue weighted by Gasteiger charge is -2.14. The number of nitrogens with zero attached hydrogens (tertiary/aromatic N) is 1. The van der Waals surface area contributed by atoms with Crippen molar-refractivity contribution in [2.24, 2.45) is 4.99 Å². The van der Waals surface area contributed by atoms with E-state index in [1.54, 1.807) is 7.11 Å². The molecule has 136 valence electrons. The zero-order valence-corrected chi connectivity index (χ0v) is 17.8. The highest BCUT2D eigenvalue weighted by atomic mass is 127. The normalized spacial score (nSPS) is 10.5. The molecule has 0 amide bonds. The van der Waals surface area contributed by atoms with Crippen molar-refractivity contribution in [3.05, 3.63) is 30.9 Å². The first-order chi connectivity index (χ1) is 11.2. The predicted molar refractivity (Wildman–Crippen MR) is 117 cm³/mol. The standard InChI is InChI=1S/C17H27N3O2S.HI/c1-5-11-23-12-10-19-17(18-6-2)20-14-8-9-15(22-7-3)16(13-14)21-4;/h5,8-9,13H,1,6-7,10-12H2,2-4H3,(H2,18,19,20);1H. The van der Waals surface area contributed by atoms with Crippen LogP contribution in [0.25, 0.3) is 0 Å². The number of hydrogen-bond donors (Lipinski definition) is 2. The van der Waals surface area contributed by atoms with E-state index in [9.17, 15) is 0 Å². The molecule has 0 fully saturated rings. The van der Waals surface area contributed by atoms with Crippen LogP contribution in [0.3, 0.4) is 0 Å². The number of rotatable bonds is 10. The molecule has 0 radical (unpaired) electrons. The summed E-state index contributed by atoms with van der Waals surface area (Å²) in [6, 6.07) is 5.76. The molecule has 1 aromatic carbocycles. The Hall–Kier alpha value is -1.09. The number of ether oxygens (including phenoxy) is 2. The summed E-state index contributed by atoms with van der Waals surface area (Å²) >= 11 is 1.82. The summed E-state index contributed by atoms with van der Waals surface area (Å²) in [5.41, 5.74) is 0.906. The molecule has 0 aliphatic carbocycles. The molecule has 0 aromatic heterocycles. The van der Waals surface area contributed by atoms with Crippen LogP contribution in [-0.4, -0.2) is 44.3 Å². The first-order valence-corrected chi connectivity index (χ1v) is 8.95. The molecule has 0 saturated heterocycles. The van der Waals surface area contributed by atoms with Crippen LogP contribution in [0.1, 0.15) is 13.8 Å². The molecule has 7 heteroatoms. The van der Waals surface area contributed by atoms with Crippen LogP contribution in [0.2, 0.25) is 0 Å². The van der Waals surface area contributed by atoms with Crippen molar-refractivity contribution in [3.63, 3.8) is 0 Å². The van der Waals surface area contributed by atoms with Crippen LogP contribution >= 0.6 is 35.7 Å². The average molecular weight is 465 g/mol. The highest BCUT2D eigenvalue weighted by Gasteiger charge is 2.06. The van der Waals surface area contributed by atoms with Crippen molar-refractivity contribution < 1.29 is 9.47 Å². The van der Waals surface area contributed by atoms with Crippen molar-refractivity contribution in [3.8, 4) is 11.5 Å². The Labute approximate surface area is 166 Å².